The molecule has 5 heteroatoms. The lowest BCUT2D eigenvalue weighted by atomic mass is 10.3. The van der Waals surface area contributed by atoms with Crippen LogP contribution >= 0.6 is 11.3 Å². The molecule has 2 rings (SSSR count). The zero-order chi connectivity index (χ0) is 13.0. The molecule has 2 aromatic rings. The van der Waals surface area contributed by atoms with Crippen LogP contribution in [0.5, 0.6) is 5.75 Å². The lowest BCUT2D eigenvalue weighted by Gasteiger charge is -1.96. The van der Waals surface area contributed by atoms with Crippen LogP contribution < -0.4 is 4.74 Å². The minimum Gasteiger partial charge on any atom is -0.497 e. The fraction of sp³-hybridized carbons (Fsp3) is 0.231. The summed E-state index contributed by atoms with van der Waals surface area (Å²) in [6, 6.07) is 5.68. The molecule has 94 valence electrons. The first-order chi connectivity index (χ1) is 8.72. The number of carbonyl (C=O) groups is 1. The maximum absolute atomic E-state index is 11.2. The SMILES string of the molecule is CCOC(=O)/C=C/c1nc2ccc(OC)cc2s1. The second kappa shape index (κ2) is 5.64. The van der Waals surface area contributed by atoms with Gasteiger partial charge in [0.1, 0.15) is 10.8 Å². The van der Waals surface area contributed by atoms with E-state index in [2.05, 4.69) is 4.98 Å². The van der Waals surface area contributed by atoms with Crippen LogP contribution in [0.4, 0.5) is 0 Å². The minimum absolute atomic E-state index is 0.352. The van der Waals surface area contributed by atoms with E-state index in [9.17, 15) is 4.79 Å². The highest BCUT2D eigenvalue weighted by molar-refractivity contribution is 7.19. The quantitative estimate of drug-likeness (QED) is 0.628. The normalized spacial score (nSPS) is 11.0. The number of carbonyl (C=O) groups excluding carboxylic acids is 1. The zero-order valence-electron chi connectivity index (χ0n) is 10.2. The molecule has 1 heterocycles. The standard InChI is InChI=1S/C13H13NO3S/c1-3-17-13(15)7-6-12-14-10-5-4-9(16-2)8-11(10)18-12/h4-8H,3H2,1-2H3/b7-6+. The third-order valence-corrected chi connectivity index (χ3v) is 3.24. The number of aromatic nitrogens is 1. The van der Waals surface area contributed by atoms with Crippen molar-refractivity contribution in [1.29, 1.82) is 0 Å². The molecule has 0 fully saturated rings. The first-order valence-corrected chi connectivity index (χ1v) is 6.34. The molecule has 0 saturated heterocycles. The molecule has 0 aliphatic carbocycles. The zero-order valence-corrected chi connectivity index (χ0v) is 11.0. The number of hydrogen-bond acceptors (Lipinski definition) is 5. The van der Waals surface area contributed by atoms with Gasteiger partial charge in [0.25, 0.3) is 0 Å². The van der Waals surface area contributed by atoms with Gasteiger partial charge in [-0.25, -0.2) is 9.78 Å². The highest BCUT2D eigenvalue weighted by atomic mass is 32.1. The van der Waals surface area contributed by atoms with Crippen LogP contribution in [0.2, 0.25) is 0 Å². The first-order valence-electron chi connectivity index (χ1n) is 5.52. The van der Waals surface area contributed by atoms with E-state index in [-0.39, 0.29) is 5.97 Å². The Morgan fingerprint density at radius 3 is 3.06 bits per heavy atom. The van der Waals surface area contributed by atoms with Gasteiger partial charge in [0.05, 0.1) is 23.9 Å². The van der Waals surface area contributed by atoms with Gasteiger partial charge in [-0.1, -0.05) is 0 Å². The summed E-state index contributed by atoms with van der Waals surface area (Å²) in [7, 11) is 1.63. The number of esters is 1. The highest BCUT2D eigenvalue weighted by Crippen LogP contribution is 2.26. The molecule has 0 radical (unpaired) electrons. The van der Waals surface area contributed by atoms with Crippen LogP contribution in [0.3, 0.4) is 0 Å². The maximum atomic E-state index is 11.2. The number of benzene rings is 1. The van der Waals surface area contributed by atoms with E-state index in [1.807, 2.05) is 18.2 Å². The van der Waals surface area contributed by atoms with Crippen LogP contribution in [0, 0.1) is 0 Å². The second-order valence-corrected chi connectivity index (χ2v) is 4.53. The van der Waals surface area contributed by atoms with Crippen molar-refractivity contribution in [2.45, 2.75) is 6.92 Å². The molecule has 0 amide bonds. The number of methoxy groups -OCH3 is 1. The Balaban J connectivity index is 2.22. The Hall–Kier alpha value is -1.88. The summed E-state index contributed by atoms with van der Waals surface area (Å²) in [6.07, 6.45) is 3.05. The Kier molecular flexibility index (Phi) is 3.94. The maximum Gasteiger partial charge on any atom is 0.330 e. The molecule has 0 bridgehead atoms. The summed E-state index contributed by atoms with van der Waals surface area (Å²) in [6.45, 7) is 2.15. The van der Waals surface area contributed by atoms with Gasteiger partial charge in [0, 0.05) is 6.08 Å². The van der Waals surface area contributed by atoms with E-state index in [1.54, 1.807) is 20.1 Å². The predicted octanol–water partition coefficient (Wildman–Crippen LogP) is 2.88. The number of ether oxygens (including phenoxy) is 2. The van der Waals surface area contributed by atoms with Crippen LogP contribution in [0.15, 0.2) is 24.3 Å². The van der Waals surface area contributed by atoms with Crippen molar-refractivity contribution in [3.8, 4) is 5.75 Å². The van der Waals surface area contributed by atoms with E-state index >= 15 is 0 Å². The van der Waals surface area contributed by atoms with Crippen LogP contribution in [0.1, 0.15) is 11.9 Å². The van der Waals surface area contributed by atoms with Gasteiger partial charge in [0.15, 0.2) is 0 Å². The molecule has 0 aliphatic rings. The number of hydrogen-bond donors (Lipinski definition) is 0. The fourth-order valence-electron chi connectivity index (χ4n) is 1.45. The van der Waals surface area contributed by atoms with E-state index in [0.717, 1.165) is 21.0 Å². The van der Waals surface area contributed by atoms with Gasteiger partial charge in [-0.15, -0.1) is 11.3 Å². The highest BCUT2D eigenvalue weighted by Gasteiger charge is 2.03. The summed E-state index contributed by atoms with van der Waals surface area (Å²) < 4.78 is 11.0. The first kappa shape index (κ1) is 12.6. The third kappa shape index (κ3) is 2.87. The smallest absolute Gasteiger partial charge is 0.330 e. The molecular formula is C13H13NO3S. The molecule has 0 saturated carbocycles. The molecule has 18 heavy (non-hydrogen) atoms. The van der Waals surface area contributed by atoms with E-state index in [4.69, 9.17) is 9.47 Å². The van der Waals surface area contributed by atoms with Crippen LogP contribution in [-0.4, -0.2) is 24.7 Å². The number of nitrogens with zero attached hydrogens (tertiary/aromatic N) is 1. The largest absolute Gasteiger partial charge is 0.497 e. The van der Waals surface area contributed by atoms with Gasteiger partial charge in [-0.05, 0) is 31.2 Å². The van der Waals surface area contributed by atoms with Gasteiger partial charge in [0.2, 0.25) is 0 Å². The fourth-order valence-corrected chi connectivity index (χ4v) is 2.35. The van der Waals surface area contributed by atoms with Gasteiger partial charge < -0.3 is 9.47 Å². The molecule has 0 atom stereocenters. The summed E-state index contributed by atoms with van der Waals surface area (Å²) in [5.41, 5.74) is 0.893. The van der Waals surface area contributed by atoms with Crippen LogP contribution in [-0.2, 0) is 9.53 Å². The molecule has 1 aromatic heterocycles. The van der Waals surface area contributed by atoms with Gasteiger partial charge >= 0.3 is 5.97 Å². The lowest BCUT2D eigenvalue weighted by molar-refractivity contribution is -0.137. The Bertz CT molecular complexity index is 589. The van der Waals surface area contributed by atoms with Gasteiger partial charge in [-0.2, -0.15) is 0 Å². The molecule has 0 N–H and O–H groups in total. The second-order valence-electron chi connectivity index (χ2n) is 3.47. The number of fused-ring (bicyclic) bond motifs is 1. The summed E-state index contributed by atoms with van der Waals surface area (Å²) in [5.74, 6) is 0.446. The Labute approximate surface area is 109 Å². The van der Waals surface area contributed by atoms with Crippen molar-refractivity contribution in [3.63, 3.8) is 0 Å². The summed E-state index contributed by atoms with van der Waals surface area (Å²) in [4.78, 5) is 15.6. The molecular weight excluding hydrogens is 250 g/mol. The van der Waals surface area contributed by atoms with E-state index < -0.39 is 0 Å². The van der Waals surface area contributed by atoms with Crippen LogP contribution in [0.25, 0.3) is 16.3 Å². The Morgan fingerprint density at radius 1 is 1.50 bits per heavy atom. The van der Waals surface area contributed by atoms with Crippen molar-refractivity contribution in [2.75, 3.05) is 13.7 Å². The minimum atomic E-state index is -0.352. The molecule has 1 aromatic carbocycles. The molecule has 0 unspecified atom stereocenters. The third-order valence-electron chi connectivity index (χ3n) is 2.26. The topological polar surface area (TPSA) is 48.4 Å². The van der Waals surface area contributed by atoms with E-state index in [0.29, 0.717) is 6.61 Å². The van der Waals surface area contributed by atoms with Gasteiger partial charge in [-0.3, -0.25) is 0 Å². The summed E-state index contributed by atoms with van der Waals surface area (Å²) >= 11 is 1.50. The van der Waals surface area contributed by atoms with Crippen molar-refractivity contribution >= 4 is 33.6 Å². The summed E-state index contributed by atoms with van der Waals surface area (Å²) in [5, 5.41) is 0.770. The molecule has 0 aliphatic heterocycles. The molecule has 4 nitrogen and oxygen atoms in total. The number of thiazole rings is 1. The molecule has 0 spiro atoms. The van der Waals surface area contributed by atoms with Crippen molar-refractivity contribution in [1.82, 2.24) is 4.98 Å². The average Bonchev–Trinajstić information content (AvgIpc) is 2.78. The lowest BCUT2D eigenvalue weighted by Crippen LogP contribution is -1.98. The Morgan fingerprint density at radius 2 is 2.33 bits per heavy atom. The van der Waals surface area contributed by atoms with E-state index in [1.165, 1.54) is 17.4 Å². The average molecular weight is 263 g/mol. The van der Waals surface area contributed by atoms with Crippen molar-refractivity contribution in [2.24, 2.45) is 0 Å². The monoisotopic (exact) mass is 263 g/mol. The predicted molar refractivity (Wildman–Crippen MR) is 71.8 cm³/mol. The van der Waals surface area contributed by atoms with Crippen molar-refractivity contribution in [3.05, 3.63) is 29.3 Å². The van der Waals surface area contributed by atoms with Crippen molar-refractivity contribution < 1.29 is 14.3 Å². The number of rotatable bonds is 4.